The lowest BCUT2D eigenvalue weighted by Gasteiger charge is -2.07. The van der Waals surface area contributed by atoms with E-state index in [9.17, 15) is 0 Å². The quantitative estimate of drug-likeness (QED) is 0.597. The third kappa shape index (κ3) is 4.14. The standard InChI is InChI=1S/C12H19NOS/c1-10-9-11(14-2)5-6-12(10)15-8-4-3-7-13/h5-6,9H,3-4,7-8,13H2,1-2H3. The first-order valence-electron chi connectivity index (χ1n) is 5.25. The Balaban J connectivity index is 2.47. The SMILES string of the molecule is COc1ccc(SCCCCN)c(C)c1. The number of rotatable bonds is 6. The van der Waals surface area contributed by atoms with Gasteiger partial charge in [0.05, 0.1) is 7.11 Å². The number of nitrogens with two attached hydrogens (primary N) is 1. The lowest BCUT2D eigenvalue weighted by Crippen LogP contribution is -1.98. The van der Waals surface area contributed by atoms with Gasteiger partial charge in [0.15, 0.2) is 0 Å². The molecule has 0 unspecified atom stereocenters. The third-order valence-corrected chi connectivity index (χ3v) is 3.50. The predicted octanol–water partition coefficient (Wildman–Crippen LogP) is 2.83. The molecule has 0 bridgehead atoms. The summed E-state index contributed by atoms with van der Waals surface area (Å²) in [7, 11) is 1.70. The zero-order chi connectivity index (χ0) is 11.1. The van der Waals surface area contributed by atoms with Crippen LogP contribution in [0.15, 0.2) is 23.1 Å². The van der Waals surface area contributed by atoms with E-state index in [-0.39, 0.29) is 0 Å². The highest BCUT2D eigenvalue weighted by Gasteiger charge is 2.00. The minimum absolute atomic E-state index is 0.794. The highest BCUT2D eigenvalue weighted by atomic mass is 32.2. The predicted molar refractivity (Wildman–Crippen MR) is 66.7 cm³/mol. The van der Waals surface area contributed by atoms with Crippen LogP contribution in [-0.2, 0) is 0 Å². The summed E-state index contributed by atoms with van der Waals surface area (Å²) in [6.07, 6.45) is 2.30. The molecule has 0 fully saturated rings. The van der Waals surface area contributed by atoms with E-state index in [4.69, 9.17) is 10.5 Å². The van der Waals surface area contributed by atoms with Crippen molar-refractivity contribution in [3.8, 4) is 5.75 Å². The molecule has 0 spiro atoms. The van der Waals surface area contributed by atoms with Crippen LogP contribution < -0.4 is 10.5 Å². The molecule has 3 heteroatoms. The molecule has 0 atom stereocenters. The Hall–Kier alpha value is -0.670. The molecule has 0 aliphatic carbocycles. The Morgan fingerprint density at radius 2 is 2.13 bits per heavy atom. The summed E-state index contributed by atoms with van der Waals surface area (Å²) in [5.41, 5.74) is 6.73. The molecular weight excluding hydrogens is 206 g/mol. The van der Waals surface area contributed by atoms with E-state index in [0.29, 0.717) is 0 Å². The monoisotopic (exact) mass is 225 g/mol. The van der Waals surface area contributed by atoms with Gasteiger partial charge in [-0.3, -0.25) is 0 Å². The molecule has 0 amide bonds. The molecule has 84 valence electrons. The van der Waals surface area contributed by atoms with E-state index in [1.807, 2.05) is 17.8 Å². The molecular formula is C12H19NOS. The van der Waals surface area contributed by atoms with Crippen molar-refractivity contribution in [2.24, 2.45) is 5.73 Å². The molecule has 2 nitrogen and oxygen atoms in total. The maximum absolute atomic E-state index is 5.45. The maximum atomic E-state index is 5.45. The highest BCUT2D eigenvalue weighted by molar-refractivity contribution is 7.99. The Morgan fingerprint density at radius 1 is 1.33 bits per heavy atom. The number of unbranched alkanes of at least 4 members (excludes halogenated alkanes) is 1. The minimum Gasteiger partial charge on any atom is -0.497 e. The molecule has 2 N–H and O–H groups in total. The molecule has 0 heterocycles. The van der Waals surface area contributed by atoms with Gasteiger partial charge in [0.1, 0.15) is 5.75 Å². The van der Waals surface area contributed by atoms with Crippen LogP contribution in [0.1, 0.15) is 18.4 Å². The summed E-state index contributed by atoms with van der Waals surface area (Å²) in [5.74, 6) is 2.07. The molecule has 1 aromatic rings. The van der Waals surface area contributed by atoms with Crippen molar-refractivity contribution >= 4 is 11.8 Å². The van der Waals surface area contributed by atoms with Gasteiger partial charge in [-0.1, -0.05) is 0 Å². The van der Waals surface area contributed by atoms with Crippen molar-refractivity contribution in [1.82, 2.24) is 0 Å². The molecule has 0 aliphatic heterocycles. The van der Waals surface area contributed by atoms with Crippen molar-refractivity contribution in [3.05, 3.63) is 23.8 Å². The lowest BCUT2D eigenvalue weighted by molar-refractivity contribution is 0.414. The number of hydrogen-bond donors (Lipinski definition) is 1. The van der Waals surface area contributed by atoms with Gasteiger partial charge in [-0.2, -0.15) is 0 Å². The highest BCUT2D eigenvalue weighted by Crippen LogP contribution is 2.26. The molecule has 1 rings (SSSR count). The van der Waals surface area contributed by atoms with Gasteiger partial charge < -0.3 is 10.5 Å². The van der Waals surface area contributed by atoms with Crippen LogP contribution >= 0.6 is 11.8 Å². The first-order chi connectivity index (χ1) is 7.27. The van der Waals surface area contributed by atoms with E-state index < -0.39 is 0 Å². The van der Waals surface area contributed by atoms with Gasteiger partial charge in [0.25, 0.3) is 0 Å². The van der Waals surface area contributed by atoms with Gasteiger partial charge in [0, 0.05) is 4.90 Å². The van der Waals surface area contributed by atoms with Crippen LogP contribution in [0, 0.1) is 6.92 Å². The van der Waals surface area contributed by atoms with E-state index in [2.05, 4.69) is 19.1 Å². The molecule has 1 aromatic carbocycles. The fraction of sp³-hybridized carbons (Fsp3) is 0.500. The Morgan fingerprint density at radius 3 is 2.73 bits per heavy atom. The van der Waals surface area contributed by atoms with Crippen molar-refractivity contribution in [3.63, 3.8) is 0 Å². The second kappa shape index (κ2) is 6.75. The second-order valence-corrected chi connectivity index (χ2v) is 4.61. The van der Waals surface area contributed by atoms with Crippen LogP contribution in [0.25, 0.3) is 0 Å². The molecule has 15 heavy (non-hydrogen) atoms. The van der Waals surface area contributed by atoms with E-state index in [0.717, 1.165) is 24.5 Å². The first kappa shape index (κ1) is 12.4. The average molecular weight is 225 g/mol. The van der Waals surface area contributed by atoms with Crippen molar-refractivity contribution in [2.75, 3.05) is 19.4 Å². The summed E-state index contributed by atoms with van der Waals surface area (Å²) in [4.78, 5) is 1.34. The van der Waals surface area contributed by atoms with Crippen molar-refractivity contribution in [2.45, 2.75) is 24.7 Å². The summed E-state index contributed by atoms with van der Waals surface area (Å²) in [5, 5.41) is 0. The fourth-order valence-corrected chi connectivity index (χ4v) is 2.36. The molecule has 0 aliphatic rings. The fourth-order valence-electron chi connectivity index (χ4n) is 1.34. The average Bonchev–Trinajstić information content (AvgIpc) is 2.26. The number of benzene rings is 1. The number of aryl methyl sites for hydroxylation is 1. The topological polar surface area (TPSA) is 35.2 Å². The molecule has 0 aromatic heterocycles. The number of ether oxygens (including phenoxy) is 1. The van der Waals surface area contributed by atoms with Crippen LogP contribution in [0.2, 0.25) is 0 Å². The van der Waals surface area contributed by atoms with Gasteiger partial charge in [0.2, 0.25) is 0 Å². The Bertz CT molecular complexity index is 302. The number of thioether (sulfide) groups is 1. The summed E-state index contributed by atoms with van der Waals surface area (Å²) < 4.78 is 5.17. The Labute approximate surface area is 96.2 Å². The van der Waals surface area contributed by atoms with E-state index >= 15 is 0 Å². The van der Waals surface area contributed by atoms with Crippen molar-refractivity contribution in [1.29, 1.82) is 0 Å². The molecule has 0 saturated carbocycles. The number of hydrogen-bond acceptors (Lipinski definition) is 3. The van der Waals surface area contributed by atoms with Crippen molar-refractivity contribution < 1.29 is 4.74 Å². The normalized spacial score (nSPS) is 10.3. The maximum Gasteiger partial charge on any atom is 0.119 e. The molecule has 0 saturated heterocycles. The van der Waals surface area contributed by atoms with Gasteiger partial charge in [-0.15, -0.1) is 11.8 Å². The zero-order valence-corrected chi connectivity index (χ0v) is 10.3. The summed E-state index contributed by atoms with van der Waals surface area (Å²) in [6, 6.07) is 6.21. The Kier molecular flexibility index (Phi) is 5.58. The lowest BCUT2D eigenvalue weighted by atomic mass is 10.2. The second-order valence-electron chi connectivity index (χ2n) is 3.48. The largest absolute Gasteiger partial charge is 0.497 e. The zero-order valence-electron chi connectivity index (χ0n) is 9.45. The number of methoxy groups -OCH3 is 1. The smallest absolute Gasteiger partial charge is 0.119 e. The first-order valence-corrected chi connectivity index (χ1v) is 6.24. The minimum atomic E-state index is 0.794. The van der Waals surface area contributed by atoms with E-state index in [1.54, 1.807) is 7.11 Å². The van der Waals surface area contributed by atoms with Gasteiger partial charge in [-0.05, 0) is 55.8 Å². The van der Waals surface area contributed by atoms with Crippen LogP contribution in [0.4, 0.5) is 0 Å². The summed E-state index contributed by atoms with van der Waals surface area (Å²) in [6.45, 7) is 2.91. The van der Waals surface area contributed by atoms with Crippen LogP contribution in [-0.4, -0.2) is 19.4 Å². The van der Waals surface area contributed by atoms with E-state index in [1.165, 1.54) is 16.9 Å². The van der Waals surface area contributed by atoms with Crippen LogP contribution in [0.5, 0.6) is 5.75 Å². The van der Waals surface area contributed by atoms with Gasteiger partial charge in [-0.25, -0.2) is 0 Å². The third-order valence-electron chi connectivity index (χ3n) is 2.24. The van der Waals surface area contributed by atoms with Crippen LogP contribution in [0.3, 0.4) is 0 Å². The summed E-state index contributed by atoms with van der Waals surface area (Å²) >= 11 is 1.90. The van der Waals surface area contributed by atoms with Gasteiger partial charge >= 0.3 is 0 Å². The molecule has 0 radical (unpaired) electrons.